The highest BCUT2D eigenvalue weighted by Gasteiger charge is 2.20. The Balaban J connectivity index is 0.00000364. The van der Waals surface area contributed by atoms with E-state index < -0.39 is 10.0 Å². The van der Waals surface area contributed by atoms with Gasteiger partial charge in [0.2, 0.25) is 10.0 Å². The number of sulfonamides is 1. The van der Waals surface area contributed by atoms with Gasteiger partial charge in [0.25, 0.3) is 0 Å². The quantitative estimate of drug-likeness (QED) is 0.231. The van der Waals surface area contributed by atoms with Gasteiger partial charge < -0.3 is 15.8 Å². The van der Waals surface area contributed by atoms with Crippen LogP contribution in [0.3, 0.4) is 0 Å². The molecule has 0 bridgehead atoms. The maximum absolute atomic E-state index is 12.4. The molecule has 1 aliphatic rings. The average Bonchev–Trinajstić information content (AvgIpc) is 2.64. The van der Waals surface area contributed by atoms with Crippen molar-refractivity contribution in [1.82, 2.24) is 14.5 Å². The molecule has 27 heavy (non-hydrogen) atoms. The summed E-state index contributed by atoms with van der Waals surface area (Å²) in [4.78, 5) is 6.90. The van der Waals surface area contributed by atoms with E-state index in [2.05, 4.69) is 15.2 Å². The molecule has 154 valence electrons. The number of guanidine groups is 1. The molecule has 1 saturated heterocycles. The first kappa shape index (κ1) is 24.1. The topological polar surface area (TPSA) is 100 Å². The Hall–Kier alpha value is -0.950. The fraction of sp³-hybridized carbons (Fsp3) is 0.588. The lowest BCUT2D eigenvalue weighted by atomic mass is 10.2. The molecule has 0 amide bonds. The number of ether oxygens (including phenoxy) is 1. The highest BCUT2D eigenvalue weighted by atomic mass is 127. The Morgan fingerprint density at radius 1 is 1.30 bits per heavy atom. The van der Waals surface area contributed by atoms with Crippen LogP contribution in [0.4, 0.5) is 0 Å². The predicted octanol–water partition coefficient (Wildman–Crippen LogP) is 0.682. The molecule has 0 aliphatic carbocycles. The van der Waals surface area contributed by atoms with Crippen LogP contribution in [0.25, 0.3) is 0 Å². The zero-order chi connectivity index (χ0) is 19.0. The van der Waals surface area contributed by atoms with Crippen LogP contribution in [0.15, 0.2) is 34.2 Å². The lowest BCUT2D eigenvalue weighted by Gasteiger charge is -2.26. The van der Waals surface area contributed by atoms with E-state index in [9.17, 15) is 8.42 Å². The number of nitrogens with two attached hydrogens (primary N) is 1. The van der Waals surface area contributed by atoms with Gasteiger partial charge in [-0.05, 0) is 24.6 Å². The molecular weight excluding hydrogens is 481 g/mol. The van der Waals surface area contributed by atoms with Gasteiger partial charge in [-0.15, -0.1) is 24.0 Å². The number of aliphatic imine (C=N–C) groups is 1. The predicted molar refractivity (Wildman–Crippen MR) is 118 cm³/mol. The molecule has 1 aromatic carbocycles. The van der Waals surface area contributed by atoms with E-state index in [0.29, 0.717) is 11.5 Å². The van der Waals surface area contributed by atoms with Crippen molar-refractivity contribution in [3.05, 3.63) is 29.8 Å². The van der Waals surface area contributed by atoms with E-state index in [0.717, 1.165) is 45.8 Å². The highest BCUT2D eigenvalue weighted by molar-refractivity contribution is 14.0. The number of nitrogens with zero attached hydrogens (tertiary/aromatic N) is 3. The summed E-state index contributed by atoms with van der Waals surface area (Å²) in [6, 6.07) is 6.85. The van der Waals surface area contributed by atoms with Gasteiger partial charge in [0.05, 0.1) is 24.7 Å². The number of nitrogens with one attached hydrogen (secondary N) is 1. The molecular formula is C17H30IN5O3S. The Morgan fingerprint density at radius 3 is 2.63 bits per heavy atom. The summed E-state index contributed by atoms with van der Waals surface area (Å²) in [5, 5.41) is 3.08. The second-order valence-corrected chi connectivity index (χ2v) is 8.45. The first-order valence-electron chi connectivity index (χ1n) is 8.75. The van der Waals surface area contributed by atoms with Crippen molar-refractivity contribution in [3.63, 3.8) is 0 Å². The van der Waals surface area contributed by atoms with Crippen LogP contribution in [0.2, 0.25) is 0 Å². The summed E-state index contributed by atoms with van der Waals surface area (Å²) in [6.45, 7) is 5.48. The molecule has 1 aromatic rings. The van der Waals surface area contributed by atoms with Crippen LogP contribution in [0, 0.1) is 0 Å². The summed E-state index contributed by atoms with van der Waals surface area (Å²) in [7, 11) is -0.474. The third-order valence-electron chi connectivity index (χ3n) is 4.21. The zero-order valence-corrected chi connectivity index (χ0v) is 19.1. The zero-order valence-electron chi connectivity index (χ0n) is 15.9. The Bertz CT molecular complexity index is 706. The minimum Gasteiger partial charge on any atom is -0.379 e. The van der Waals surface area contributed by atoms with Gasteiger partial charge in [-0.25, -0.2) is 17.7 Å². The van der Waals surface area contributed by atoms with Gasteiger partial charge >= 0.3 is 0 Å². The summed E-state index contributed by atoms with van der Waals surface area (Å²) >= 11 is 0. The maximum atomic E-state index is 12.4. The molecule has 1 aliphatic heterocycles. The van der Waals surface area contributed by atoms with E-state index in [1.54, 1.807) is 24.3 Å². The number of hydrogen-bond donors (Lipinski definition) is 2. The van der Waals surface area contributed by atoms with Gasteiger partial charge in [0.1, 0.15) is 0 Å². The van der Waals surface area contributed by atoms with Gasteiger partial charge in [-0.3, -0.25) is 4.90 Å². The second-order valence-electron chi connectivity index (χ2n) is 6.33. The number of morpholine rings is 1. The smallest absolute Gasteiger partial charge is 0.242 e. The molecule has 0 saturated carbocycles. The minimum atomic E-state index is -3.50. The molecule has 1 fully saturated rings. The normalized spacial score (nSPS) is 16.2. The number of halogens is 1. The van der Waals surface area contributed by atoms with Gasteiger partial charge in [-0.1, -0.05) is 18.2 Å². The standard InChI is InChI=1S/C17H29N5O3S.HI/c1-21(2)26(23,24)16-7-4-3-6-15(16)14-20-17(18)19-8-5-9-22-10-12-25-13-11-22;/h3-4,6-7H,5,8-14H2,1-2H3,(H3,18,19,20);1H. The van der Waals surface area contributed by atoms with E-state index in [1.807, 2.05) is 0 Å². The van der Waals surface area contributed by atoms with Crippen LogP contribution in [-0.2, 0) is 21.3 Å². The van der Waals surface area contributed by atoms with Crippen LogP contribution in [0.1, 0.15) is 12.0 Å². The number of rotatable bonds is 8. The number of hydrogen-bond acceptors (Lipinski definition) is 5. The fourth-order valence-electron chi connectivity index (χ4n) is 2.65. The van der Waals surface area contributed by atoms with Crippen LogP contribution in [0.5, 0.6) is 0 Å². The van der Waals surface area contributed by atoms with Gasteiger partial charge in [0, 0.05) is 33.7 Å². The molecule has 10 heteroatoms. The van der Waals surface area contributed by atoms with Crippen molar-refractivity contribution in [1.29, 1.82) is 0 Å². The lowest BCUT2D eigenvalue weighted by molar-refractivity contribution is 0.0376. The van der Waals surface area contributed by atoms with Crippen LogP contribution < -0.4 is 11.1 Å². The molecule has 8 nitrogen and oxygen atoms in total. The Labute approximate surface area is 179 Å². The fourth-order valence-corrected chi connectivity index (χ4v) is 3.76. The van der Waals surface area contributed by atoms with Crippen LogP contribution >= 0.6 is 24.0 Å². The molecule has 2 rings (SSSR count). The molecule has 1 heterocycles. The third-order valence-corrected chi connectivity index (χ3v) is 6.13. The van der Waals surface area contributed by atoms with Crippen molar-refractivity contribution >= 4 is 40.0 Å². The molecule has 0 atom stereocenters. The van der Waals surface area contributed by atoms with Crippen LogP contribution in [-0.4, -0.2) is 77.1 Å². The molecule has 3 N–H and O–H groups in total. The SMILES string of the molecule is CN(C)S(=O)(=O)c1ccccc1CN=C(N)NCCCN1CCOCC1.I. The third kappa shape index (κ3) is 7.53. The lowest BCUT2D eigenvalue weighted by Crippen LogP contribution is -2.39. The first-order valence-corrected chi connectivity index (χ1v) is 10.2. The van der Waals surface area contributed by atoms with E-state index in [1.165, 1.54) is 18.4 Å². The Morgan fingerprint density at radius 2 is 1.96 bits per heavy atom. The van der Waals surface area contributed by atoms with E-state index >= 15 is 0 Å². The highest BCUT2D eigenvalue weighted by Crippen LogP contribution is 2.19. The molecule has 0 aromatic heterocycles. The average molecular weight is 511 g/mol. The molecule has 0 spiro atoms. The largest absolute Gasteiger partial charge is 0.379 e. The first-order chi connectivity index (χ1) is 12.4. The Kier molecular flexibility index (Phi) is 10.5. The minimum absolute atomic E-state index is 0. The molecule has 0 radical (unpaired) electrons. The number of benzene rings is 1. The van der Waals surface area contributed by atoms with E-state index in [4.69, 9.17) is 10.5 Å². The van der Waals surface area contributed by atoms with Crippen molar-refractivity contribution in [2.24, 2.45) is 10.7 Å². The van der Waals surface area contributed by atoms with E-state index in [-0.39, 0.29) is 35.4 Å². The molecule has 0 unspecified atom stereocenters. The summed E-state index contributed by atoms with van der Waals surface area (Å²) in [5.41, 5.74) is 6.53. The monoisotopic (exact) mass is 511 g/mol. The van der Waals surface area contributed by atoms with Gasteiger partial charge in [0.15, 0.2) is 5.96 Å². The van der Waals surface area contributed by atoms with Gasteiger partial charge in [-0.2, -0.15) is 0 Å². The van der Waals surface area contributed by atoms with Crippen molar-refractivity contribution in [2.45, 2.75) is 17.9 Å². The summed E-state index contributed by atoms with van der Waals surface area (Å²) in [6.07, 6.45) is 0.960. The summed E-state index contributed by atoms with van der Waals surface area (Å²) in [5.74, 6) is 0.323. The van der Waals surface area contributed by atoms with Crippen molar-refractivity contribution in [2.75, 3.05) is 53.5 Å². The maximum Gasteiger partial charge on any atom is 0.242 e. The second kappa shape index (κ2) is 11.8. The van der Waals surface area contributed by atoms with Crippen molar-refractivity contribution in [3.8, 4) is 0 Å². The summed E-state index contributed by atoms with van der Waals surface area (Å²) < 4.78 is 31.3. The van der Waals surface area contributed by atoms with Crippen molar-refractivity contribution < 1.29 is 13.2 Å².